The lowest BCUT2D eigenvalue weighted by atomic mass is 9.76. The molecule has 2 aromatic carbocycles. The quantitative estimate of drug-likeness (QED) is 0.666. The third kappa shape index (κ3) is 4.99. The molecular weight excluding hydrogens is 328 g/mol. The number of nitrogens with one attached hydrogen (secondary N) is 2. The molecule has 0 aliphatic carbocycles. The molecule has 0 saturated carbocycles. The van der Waals surface area contributed by atoms with Crippen LogP contribution in [0.3, 0.4) is 0 Å². The summed E-state index contributed by atoms with van der Waals surface area (Å²) in [6.07, 6.45) is 1.29. The molecule has 1 fully saturated rings. The Hall–Kier alpha value is -2.53. The second kappa shape index (κ2) is 9.25. The first-order valence-corrected chi connectivity index (χ1v) is 9.19. The molecule has 1 amide bonds. The van der Waals surface area contributed by atoms with E-state index in [0.29, 0.717) is 18.4 Å². The van der Waals surface area contributed by atoms with Gasteiger partial charge in [0.2, 0.25) is 0 Å². The van der Waals surface area contributed by atoms with E-state index >= 15 is 0 Å². The van der Waals surface area contributed by atoms with Crippen LogP contribution < -0.4 is 15.4 Å². The molecule has 0 aromatic heterocycles. The van der Waals surface area contributed by atoms with Gasteiger partial charge in [-0.15, -0.1) is 0 Å². The first-order chi connectivity index (χ1) is 12.7. The average Bonchev–Trinajstić information content (AvgIpc) is 2.67. The van der Waals surface area contributed by atoms with Gasteiger partial charge in [0.15, 0.2) is 0 Å². The van der Waals surface area contributed by atoms with Crippen LogP contribution in [-0.4, -0.2) is 37.4 Å². The van der Waals surface area contributed by atoms with E-state index in [9.17, 15) is 4.79 Å². The Kier molecular flexibility index (Phi) is 6.50. The van der Waals surface area contributed by atoms with Crippen LogP contribution in [-0.2, 0) is 0 Å². The predicted octanol–water partition coefficient (Wildman–Crippen LogP) is 3.46. The summed E-state index contributed by atoms with van der Waals surface area (Å²) in [5, 5.41) is 14.4. The number of amides is 1. The Morgan fingerprint density at radius 1 is 1.12 bits per heavy atom. The molecule has 138 valence electrons. The smallest absolute Gasteiger partial charge is 0.404 e. The van der Waals surface area contributed by atoms with Crippen molar-refractivity contribution in [2.45, 2.75) is 18.8 Å². The van der Waals surface area contributed by atoms with Gasteiger partial charge in [-0.3, -0.25) is 0 Å². The molecule has 1 unspecified atom stereocenters. The maximum absolute atomic E-state index is 10.5. The van der Waals surface area contributed by atoms with Crippen molar-refractivity contribution in [1.82, 2.24) is 10.6 Å². The molecule has 1 atom stereocenters. The van der Waals surface area contributed by atoms with E-state index in [-0.39, 0.29) is 6.54 Å². The minimum absolute atomic E-state index is 0.274. The van der Waals surface area contributed by atoms with E-state index in [0.717, 1.165) is 31.7 Å². The highest BCUT2D eigenvalue weighted by atomic mass is 16.5. The monoisotopic (exact) mass is 354 g/mol. The number of hydrogen-bond donors (Lipinski definition) is 3. The largest absolute Gasteiger partial charge is 0.492 e. The summed E-state index contributed by atoms with van der Waals surface area (Å²) in [6.45, 7) is 2.71. The van der Waals surface area contributed by atoms with Crippen LogP contribution in [0, 0.1) is 5.92 Å². The van der Waals surface area contributed by atoms with Crippen LogP contribution in [0.1, 0.15) is 29.9 Å². The van der Waals surface area contributed by atoms with Gasteiger partial charge in [0, 0.05) is 5.92 Å². The van der Waals surface area contributed by atoms with Crippen molar-refractivity contribution < 1.29 is 14.6 Å². The molecular formula is C21H26N2O3. The van der Waals surface area contributed by atoms with Gasteiger partial charge < -0.3 is 20.5 Å². The number of piperidine rings is 1. The maximum Gasteiger partial charge on any atom is 0.404 e. The highest BCUT2D eigenvalue weighted by Crippen LogP contribution is 2.37. The summed E-state index contributed by atoms with van der Waals surface area (Å²) in [5.41, 5.74) is 2.59. The van der Waals surface area contributed by atoms with Gasteiger partial charge in [-0.25, -0.2) is 4.79 Å². The topological polar surface area (TPSA) is 70.6 Å². The first kappa shape index (κ1) is 18.3. The number of benzene rings is 2. The molecule has 1 aliphatic heterocycles. The minimum atomic E-state index is -1.03. The summed E-state index contributed by atoms with van der Waals surface area (Å²) in [7, 11) is 0. The maximum atomic E-state index is 10.5. The van der Waals surface area contributed by atoms with Crippen molar-refractivity contribution in [3.63, 3.8) is 0 Å². The number of hydrogen-bond acceptors (Lipinski definition) is 3. The third-order valence-electron chi connectivity index (χ3n) is 4.88. The average molecular weight is 354 g/mol. The van der Waals surface area contributed by atoms with Crippen LogP contribution in [0.15, 0.2) is 54.6 Å². The van der Waals surface area contributed by atoms with E-state index < -0.39 is 6.09 Å². The van der Waals surface area contributed by atoms with Crippen LogP contribution in [0.2, 0.25) is 0 Å². The van der Waals surface area contributed by atoms with Gasteiger partial charge >= 0.3 is 6.09 Å². The summed E-state index contributed by atoms with van der Waals surface area (Å²) < 4.78 is 5.73. The van der Waals surface area contributed by atoms with Crippen molar-refractivity contribution in [3.8, 4) is 5.75 Å². The summed E-state index contributed by atoms with van der Waals surface area (Å²) in [5.74, 6) is 1.73. The normalized spacial score (nSPS) is 16.0. The Morgan fingerprint density at radius 3 is 2.58 bits per heavy atom. The van der Waals surface area contributed by atoms with Crippen LogP contribution >= 0.6 is 0 Å². The molecule has 1 aliphatic rings. The molecule has 3 N–H and O–H groups in total. The molecule has 5 heteroatoms. The SMILES string of the molecule is O=C(O)NCCOc1cccc(C(c2ccccc2)C2CCNCC2)c1. The molecule has 5 nitrogen and oxygen atoms in total. The van der Waals surface area contributed by atoms with Crippen molar-refractivity contribution in [3.05, 3.63) is 65.7 Å². The Bertz CT molecular complexity index is 699. The molecule has 3 rings (SSSR count). The molecule has 0 radical (unpaired) electrons. The van der Waals surface area contributed by atoms with Gasteiger partial charge in [0.1, 0.15) is 12.4 Å². The van der Waals surface area contributed by atoms with E-state index in [1.807, 2.05) is 12.1 Å². The predicted molar refractivity (Wildman–Crippen MR) is 102 cm³/mol. The van der Waals surface area contributed by atoms with Crippen molar-refractivity contribution >= 4 is 6.09 Å². The fourth-order valence-corrected chi connectivity index (χ4v) is 3.70. The lowest BCUT2D eigenvalue weighted by Crippen LogP contribution is -2.31. The summed E-state index contributed by atoms with van der Waals surface area (Å²) in [6, 6.07) is 18.9. The lowest BCUT2D eigenvalue weighted by Gasteiger charge is -2.31. The Balaban J connectivity index is 1.77. The summed E-state index contributed by atoms with van der Waals surface area (Å²) in [4.78, 5) is 10.5. The van der Waals surface area contributed by atoms with Gasteiger partial charge in [0.25, 0.3) is 0 Å². The second-order valence-electron chi connectivity index (χ2n) is 6.63. The number of carboxylic acid groups (broad SMARTS) is 1. The van der Waals surface area contributed by atoms with E-state index in [2.05, 4.69) is 53.1 Å². The van der Waals surface area contributed by atoms with Gasteiger partial charge in [-0.1, -0.05) is 42.5 Å². The number of rotatable bonds is 7. The lowest BCUT2D eigenvalue weighted by molar-refractivity contribution is 0.191. The third-order valence-corrected chi connectivity index (χ3v) is 4.88. The Labute approximate surface area is 154 Å². The van der Waals surface area contributed by atoms with Gasteiger partial charge in [0.05, 0.1) is 6.54 Å². The minimum Gasteiger partial charge on any atom is -0.492 e. The van der Waals surface area contributed by atoms with Crippen LogP contribution in [0.4, 0.5) is 4.79 Å². The van der Waals surface area contributed by atoms with Crippen LogP contribution in [0.5, 0.6) is 5.75 Å². The van der Waals surface area contributed by atoms with Crippen molar-refractivity contribution in [2.75, 3.05) is 26.2 Å². The second-order valence-corrected chi connectivity index (χ2v) is 6.63. The zero-order valence-corrected chi connectivity index (χ0v) is 14.9. The van der Waals surface area contributed by atoms with Gasteiger partial charge in [-0.2, -0.15) is 0 Å². The molecule has 26 heavy (non-hydrogen) atoms. The standard InChI is InChI=1S/C21H26N2O3/c24-21(25)23-13-14-26-19-8-4-7-18(15-19)20(16-5-2-1-3-6-16)17-9-11-22-12-10-17/h1-8,15,17,20,22-23H,9-14H2,(H,24,25). The molecule has 1 saturated heterocycles. The zero-order valence-electron chi connectivity index (χ0n) is 14.9. The Morgan fingerprint density at radius 2 is 1.85 bits per heavy atom. The van der Waals surface area contributed by atoms with Crippen molar-refractivity contribution in [1.29, 1.82) is 0 Å². The summed E-state index contributed by atoms with van der Waals surface area (Å²) >= 11 is 0. The van der Waals surface area contributed by atoms with E-state index in [1.54, 1.807) is 0 Å². The highest BCUT2D eigenvalue weighted by Gasteiger charge is 2.26. The van der Waals surface area contributed by atoms with Crippen molar-refractivity contribution in [2.24, 2.45) is 5.92 Å². The van der Waals surface area contributed by atoms with Crippen LogP contribution in [0.25, 0.3) is 0 Å². The fourth-order valence-electron chi connectivity index (χ4n) is 3.70. The van der Waals surface area contributed by atoms with E-state index in [1.165, 1.54) is 11.1 Å². The zero-order chi connectivity index (χ0) is 18.2. The molecule has 2 aromatic rings. The fraction of sp³-hybridized carbons (Fsp3) is 0.381. The number of carbonyl (C=O) groups is 1. The first-order valence-electron chi connectivity index (χ1n) is 9.19. The molecule has 0 spiro atoms. The molecule has 0 bridgehead atoms. The van der Waals surface area contributed by atoms with E-state index in [4.69, 9.17) is 9.84 Å². The number of ether oxygens (including phenoxy) is 1. The highest BCUT2D eigenvalue weighted by molar-refractivity contribution is 5.64. The van der Waals surface area contributed by atoms with Gasteiger partial charge in [-0.05, 0) is 55.1 Å². The molecule has 1 heterocycles.